The molecule has 2 aliphatic heterocycles. The molecule has 1 amide bonds. The molecule has 0 unspecified atom stereocenters. The number of para-hydroxylation sites is 1. The van der Waals surface area contributed by atoms with Crippen LogP contribution in [0.2, 0.25) is 0 Å². The van der Waals surface area contributed by atoms with E-state index >= 15 is 0 Å². The molecule has 1 saturated heterocycles. The zero-order valence-electron chi connectivity index (χ0n) is 16.5. The molecule has 6 nitrogen and oxygen atoms in total. The molecule has 0 aliphatic carbocycles. The summed E-state index contributed by atoms with van der Waals surface area (Å²) in [4.78, 5) is 14.3. The standard InChI is InChI=1S/C22H26N2O4S/c1-2-22(25)23-14-12-18-19(13-15-23)28-20-10-6-7-11-21(20)29(26,27)24(18)16-17-8-4-3-5-9-17/h3-11,18-19H,2,12-16H2,1H3/t18-,19-/m1/s1. The Morgan fingerprint density at radius 2 is 1.72 bits per heavy atom. The van der Waals surface area contributed by atoms with Gasteiger partial charge in [0.25, 0.3) is 0 Å². The molecular weight excluding hydrogens is 388 g/mol. The molecule has 2 aliphatic rings. The van der Waals surface area contributed by atoms with Crippen molar-refractivity contribution >= 4 is 15.9 Å². The van der Waals surface area contributed by atoms with Crippen LogP contribution in [0.5, 0.6) is 5.75 Å². The zero-order chi connectivity index (χ0) is 20.4. The van der Waals surface area contributed by atoms with Crippen molar-refractivity contribution in [2.24, 2.45) is 0 Å². The van der Waals surface area contributed by atoms with Gasteiger partial charge in [0.2, 0.25) is 15.9 Å². The number of likely N-dealkylation sites (tertiary alicyclic amines) is 1. The van der Waals surface area contributed by atoms with E-state index in [1.807, 2.05) is 42.2 Å². The number of carbonyl (C=O) groups excluding carboxylic acids is 1. The van der Waals surface area contributed by atoms with Gasteiger partial charge in [-0.3, -0.25) is 4.79 Å². The van der Waals surface area contributed by atoms with Crippen molar-refractivity contribution in [3.63, 3.8) is 0 Å². The molecule has 154 valence electrons. The third kappa shape index (κ3) is 3.89. The molecule has 2 aromatic carbocycles. The van der Waals surface area contributed by atoms with Gasteiger partial charge in [-0.05, 0) is 24.1 Å². The van der Waals surface area contributed by atoms with Crippen molar-refractivity contribution in [1.82, 2.24) is 9.21 Å². The molecule has 1 fully saturated rings. The van der Waals surface area contributed by atoms with Crippen LogP contribution in [0.3, 0.4) is 0 Å². The fourth-order valence-corrected chi connectivity index (χ4v) is 5.99. The lowest BCUT2D eigenvalue weighted by Crippen LogP contribution is -2.46. The molecule has 29 heavy (non-hydrogen) atoms. The van der Waals surface area contributed by atoms with Crippen molar-refractivity contribution < 1.29 is 17.9 Å². The molecule has 7 heteroatoms. The summed E-state index contributed by atoms with van der Waals surface area (Å²) in [5, 5.41) is 0. The maximum Gasteiger partial charge on any atom is 0.247 e. The summed E-state index contributed by atoms with van der Waals surface area (Å²) in [5.74, 6) is 0.493. The van der Waals surface area contributed by atoms with Crippen LogP contribution in [0.4, 0.5) is 0 Å². The average molecular weight is 415 g/mol. The summed E-state index contributed by atoms with van der Waals surface area (Å²) >= 11 is 0. The number of rotatable bonds is 3. The van der Waals surface area contributed by atoms with Gasteiger partial charge in [-0.2, -0.15) is 4.31 Å². The Labute approximate surface area is 172 Å². The summed E-state index contributed by atoms with van der Waals surface area (Å²) in [5.41, 5.74) is 0.931. The maximum atomic E-state index is 13.6. The first kappa shape index (κ1) is 19.9. The second-order valence-corrected chi connectivity index (χ2v) is 9.38. The van der Waals surface area contributed by atoms with Gasteiger partial charge < -0.3 is 9.64 Å². The smallest absolute Gasteiger partial charge is 0.247 e. The lowest BCUT2D eigenvalue weighted by Gasteiger charge is -2.31. The van der Waals surface area contributed by atoms with Crippen LogP contribution < -0.4 is 4.74 Å². The number of fused-ring (bicyclic) bond motifs is 2. The van der Waals surface area contributed by atoms with E-state index in [0.29, 0.717) is 38.1 Å². The van der Waals surface area contributed by atoms with Gasteiger partial charge >= 0.3 is 0 Å². The average Bonchev–Trinajstić information content (AvgIpc) is 2.98. The van der Waals surface area contributed by atoms with E-state index in [1.165, 1.54) is 0 Å². The van der Waals surface area contributed by atoms with E-state index in [2.05, 4.69) is 0 Å². The van der Waals surface area contributed by atoms with Crippen molar-refractivity contribution in [3.8, 4) is 5.75 Å². The third-order valence-electron chi connectivity index (χ3n) is 5.73. The van der Waals surface area contributed by atoms with Crippen molar-refractivity contribution in [2.75, 3.05) is 13.1 Å². The van der Waals surface area contributed by atoms with E-state index in [9.17, 15) is 13.2 Å². The van der Waals surface area contributed by atoms with Crippen LogP contribution in [0.15, 0.2) is 59.5 Å². The maximum absolute atomic E-state index is 13.6. The van der Waals surface area contributed by atoms with E-state index < -0.39 is 10.0 Å². The number of hydrogen-bond donors (Lipinski definition) is 0. The highest BCUT2D eigenvalue weighted by atomic mass is 32.2. The van der Waals surface area contributed by atoms with E-state index in [1.54, 1.807) is 28.6 Å². The predicted octanol–water partition coefficient (Wildman–Crippen LogP) is 3.04. The molecule has 2 atom stereocenters. The van der Waals surface area contributed by atoms with Crippen LogP contribution in [-0.2, 0) is 21.4 Å². The van der Waals surface area contributed by atoms with E-state index in [0.717, 1.165) is 5.56 Å². The normalized spacial score (nSPS) is 23.8. The van der Waals surface area contributed by atoms with Crippen LogP contribution in [0, 0.1) is 0 Å². The van der Waals surface area contributed by atoms with Gasteiger partial charge in [0, 0.05) is 32.5 Å². The van der Waals surface area contributed by atoms with Gasteiger partial charge in [-0.25, -0.2) is 8.42 Å². The molecule has 0 bridgehead atoms. The van der Waals surface area contributed by atoms with Gasteiger partial charge in [0.05, 0.1) is 6.04 Å². The number of benzene rings is 2. The number of hydrogen-bond acceptors (Lipinski definition) is 4. The Morgan fingerprint density at radius 3 is 2.48 bits per heavy atom. The summed E-state index contributed by atoms with van der Waals surface area (Å²) in [6.07, 6.45) is 1.30. The van der Waals surface area contributed by atoms with Crippen molar-refractivity contribution in [2.45, 2.75) is 49.8 Å². The van der Waals surface area contributed by atoms with Crippen LogP contribution in [-0.4, -0.2) is 48.8 Å². The quantitative estimate of drug-likeness (QED) is 0.774. The fourth-order valence-electron chi connectivity index (χ4n) is 4.20. The molecular formula is C22H26N2O4S. The molecule has 2 heterocycles. The molecule has 0 radical (unpaired) electrons. The summed E-state index contributed by atoms with van der Waals surface area (Å²) in [6, 6.07) is 16.1. The second kappa shape index (κ2) is 8.16. The Hall–Kier alpha value is -2.38. The van der Waals surface area contributed by atoms with Gasteiger partial charge in [-0.15, -0.1) is 0 Å². The van der Waals surface area contributed by atoms with Gasteiger partial charge in [-0.1, -0.05) is 49.4 Å². The number of amides is 1. The van der Waals surface area contributed by atoms with Gasteiger partial charge in [0.1, 0.15) is 16.7 Å². The van der Waals surface area contributed by atoms with Crippen LogP contribution in [0.25, 0.3) is 0 Å². The van der Waals surface area contributed by atoms with Crippen LogP contribution in [0.1, 0.15) is 31.7 Å². The Balaban J connectivity index is 1.75. The molecule has 0 saturated carbocycles. The Bertz CT molecular complexity index is 977. The minimum absolute atomic E-state index is 0.0966. The highest BCUT2D eigenvalue weighted by Gasteiger charge is 2.43. The largest absolute Gasteiger partial charge is 0.487 e. The lowest BCUT2D eigenvalue weighted by molar-refractivity contribution is -0.130. The first-order chi connectivity index (χ1) is 14.0. The number of sulfonamides is 1. The van der Waals surface area contributed by atoms with Crippen molar-refractivity contribution in [1.29, 1.82) is 0 Å². The molecule has 0 spiro atoms. The lowest BCUT2D eigenvalue weighted by atomic mass is 10.1. The third-order valence-corrected chi connectivity index (χ3v) is 7.64. The zero-order valence-corrected chi connectivity index (χ0v) is 17.3. The first-order valence-electron chi connectivity index (χ1n) is 10.1. The number of nitrogens with zero attached hydrogens (tertiary/aromatic N) is 2. The predicted molar refractivity (Wildman–Crippen MR) is 110 cm³/mol. The fraction of sp³-hybridized carbons (Fsp3) is 0.409. The summed E-state index contributed by atoms with van der Waals surface area (Å²) in [7, 11) is -3.74. The highest BCUT2D eigenvalue weighted by molar-refractivity contribution is 7.89. The Morgan fingerprint density at radius 1 is 1.03 bits per heavy atom. The number of carbonyl (C=O) groups is 1. The highest BCUT2D eigenvalue weighted by Crippen LogP contribution is 2.37. The Kier molecular flexibility index (Phi) is 5.61. The second-order valence-electron chi connectivity index (χ2n) is 7.52. The topological polar surface area (TPSA) is 66.9 Å². The summed E-state index contributed by atoms with van der Waals surface area (Å²) < 4.78 is 35.1. The van der Waals surface area contributed by atoms with E-state index in [4.69, 9.17) is 4.74 Å². The molecule has 0 aromatic heterocycles. The van der Waals surface area contributed by atoms with Crippen LogP contribution >= 0.6 is 0 Å². The van der Waals surface area contributed by atoms with E-state index in [-0.39, 0.29) is 29.5 Å². The first-order valence-corrected chi connectivity index (χ1v) is 11.5. The molecule has 2 aromatic rings. The SMILES string of the molecule is CCC(=O)N1CC[C@@H]2[C@@H](CC1)Oc1ccccc1S(=O)(=O)N2Cc1ccccc1. The monoisotopic (exact) mass is 414 g/mol. The summed E-state index contributed by atoms with van der Waals surface area (Å²) in [6.45, 7) is 3.25. The number of ether oxygens (including phenoxy) is 1. The molecule has 0 N–H and O–H groups in total. The van der Waals surface area contributed by atoms with Gasteiger partial charge in [0.15, 0.2) is 0 Å². The van der Waals surface area contributed by atoms with Crippen molar-refractivity contribution in [3.05, 3.63) is 60.2 Å². The minimum Gasteiger partial charge on any atom is -0.487 e. The molecule has 4 rings (SSSR count). The minimum atomic E-state index is -3.74.